The minimum absolute atomic E-state index is 0.724. The summed E-state index contributed by atoms with van der Waals surface area (Å²) in [6.07, 6.45) is 0. The van der Waals surface area contributed by atoms with Crippen molar-refractivity contribution in [2.24, 2.45) is 0 Å². The fourth-order valence-corrected chi connectivity index (χ4v) is 1.87. The van der Waals surface area contributed by atoms with E-state index in [0.717, 1.165) is 32.9 Å². The van der Waals surface area contributed by atoms with Crippen LogP contribution in [-0.4, -0.2) is 10.5 Å². The maximum atomic E-state index is 5.26. The summed E-state index contributed by atoms with van der Waals surface area (Å²) in [5, 5.41) is 0. The molecule has 0 atom stereocenters. The molecule has 0 fully saturated rings. The molecule has 2 heteroatoms. The van der Waals surface area contributed by atoms with Crippen molar-refractivity contribution < 1.29 is 4.43 Å². The van der Waals surface area contributed by atoms with E-state index in [0.29, 0.717) is 0 Å². The summed E-state index contributed by atoms with van der Waals surface area (Å²) in [6, 6.07) is 18.2. The average molecular weight is 226 g/mol. The summed E-state index contributed by atoms with van der Waals surface area (Å²) >= 11 is 0. The third-order valence-corrected chi connectivity index (χ3v) is 3.03. The van der Waals surface area contributed by atoms with E-state index in [-0.39, 0.29) is 0 Å². The molecule has 0 N–H and O–H groups in total. The molecule has 0 aliphatic heterocycles. The highest BCUT2D eigenvalue weighted by Gasteiger charge is 2.01. The monoisotopic (exact) mass is 226 g/mol. The van der Waals surface area contributed by atoms with E-state index in [4.69, 9.17) is 4.43 Å². The molecule has 0 aliphatic rings. The van der Waals surface area contributed by atoms with Crippen LogP contribution in [0.15, 0.2) is 61.2 Å². The number of rotatable bonds is 3. The van der Waals surface area contributed by atoms with Gasteiger partial charge in [0.05, 0.1) is 0 Å². The zero-order chi connectivity index (χ0) is 11.4. The smallest absolute Gasteiger partial charge is 0.204 e. The van der Waals surface area contributed by atoms with Crippen molar-refractivity contribution >= 4 is 16.1 Å². The lowest BCUT2D eigenvalue weighted by Gasteiger charge is -2.07. The first-order valence-corrected chi connectivity index (χ1v) is 6.01. The average Bonchev–Trinajstić information content (AvgIpc) is 2.39. The molecule has 16 heavy (non-hydrogen) atoms. The molecule has 0 saturated carbocycles. The summed E-state index contributed by atoms with van der Waals surface area (Å²) in [6.45, 7) is 4.12. The first-order valence-electron chi connectivity index (χ1n) is 5.20. The first-order chi connectivity index (χ1) is 7.81. The maximum Gasteiger partial charge on any atom is 0.204 e. The van der Waals surface area contributed by atoms with Gasteiger partial charge in [-0.05, 0) is 28.8 Å². The van der Waals surface area contributed by atoms with Crippen LogP contribution in [0.5, 0.6) is 5.75 Å². The van der Waals surface area contributed by atoms with Crippen LogP contribution >= 0.6 is 0 Å². The zero-order valence-electron chi connectivity index (χ0n) is 9.31. The molecular weight excluding hydrogens is 212 g/mol. The second kappa shape index (κ2) is 4.81. The maximum absolute atomic E-state index is 5.26. The number of hydrogen-bond acceptors (Lipinski definition) is 1. The largest absolute Gasteiger partial charge is 0.553 e. The van der Waals surface area contributed by atoms with E-state index in [1.54, 1.807) is 0 Å². The van der Waals surface area contributed by atoms with Crippen molar-refractivity contribution in [1.82, 2.24) is 0 Å². The van der Waals surface area contributed by atoms with Gasteiger partial charge in [-0.1, -0.05) is 49.0 Å². The van der Waals surface area contributed by atoms with Crippen LogP contribution in [0.25, 0.3) is 5.57 Å². The second-order valence-corrected chi connectivity index (χ2v) is 3.98. The molecule has 0 amide bonds. The molecule has 80 valence electrons. The van der Waals surface area contributed by atoms with E-state index in [9.17, 15) is 0 Å². The van der Waals surface area contributed by atoms with Crippen molar-refractivity contribution in [2.45, 2.75) is 0 Å². The van der Waals surface area contributed by atoms with Crippen molar-refractivity contribution in [2.75, 3.05) is 0 Å². The molecule has 0 heterocycles. The Hall–Kier alpha value is -1.80. The normalized spacial score (nSPS) is 10.0. The van der Waals surface area contributed by atoms with Gasteiger partial charge < -0.3 is 4.43 Å². The van der Waals surface area contributed by atoms with E-state index in [1.165, 1.54) is 0 Å². The molecule has 0 aromatic heterocycles. The van der Waals surface area contributed by atoms with Crippen LogP contribution in [0, 0.1) is 0 Å². The third kappa shape index (κ3) is 2.23. The Balaban J connectivity index is 2.28. The van der Waals surface area contributed by atoms with E-state index < -0.39 is 0 Å². The van der Waals surface area contributed by atoms with Crippen LogP contribution in [0.2, 0.25) is 0 Å². The Morgan fingerprint density at radius 1 is 0.875 bits per heavy atom. The van der Waals surface area contributed by atoms with E-state index in [2.05, 4.69) is 18.7 Å². The molecular formula is C14H14OSi. The van der Waals surface area contributed by atoms with Gasteiger partial charge in [0.2, 0.25) is 10.5 Å². The van der Waals surface area contributed by atoms with Crippen LogP contribution in [0.3, 0.4) is 0 Å². The van der Waals surface area contributed by atoms with Crippen molar-refractivity contribution in [3.63, 3.8) is 0 Å². The lowest BCUT2D eigenvalue weighted by molar-refractivity contribution is 0.616. The van der Waals surface area contributed by atoms with Crippen molar-refractivity contribution in [3.8, 4) is 5.75 Å². The molecule has 0 radical (unpaired) electrons. The molecule has 2 rings (SSSR count). The van der Waals surface area contributed by atoms with Crippen LogP contribution in [0.4, 0.5) is 0 Å². The summed E-state index contributed by atoms with van der Waals surface area (Å²) in [5.74, 6) is 0.927. The molecule has 1 nitrogen and oxygen atoms in total. The molecule has 0 unspecified atom stereocenters. The van der Waals surface area contributed by atoms with Gasteiger partial charge in [-0.2, -0.15) is 0 Å². The molecule has 2 aromatic carbocycles. The molecule has 0 aliphatic carbocycles. The third-order valence-electron chi connectivity index (χ3n) is 2.56. The van der Waals surface area contributed by atoms with Crippen LogP contribution < -0.4 is 4.43 Å². The van der Waals surface area contributed by atoms with Crippen LogP contribution in [-0.2, 0) is 0 Å². The lowest BCUT2D eigenvalue weighted by atomic mass is 10.00. The Bertz CT molecular complexity index is 474. The molecule has 2 aromatic rings. The zero-order valence-corrected chi connectivity index (χ0v) is 11.3. The minimum Gasteiger partial charge on any atom is -0.553 e. The first kappa shape index (κ1) is 10.7. The van der Waals surface area contributed by atoms with Gasteiger partial charge in [0, 0.05) is 0 Å². The standard InChI is InChI=1S/C14H14OSi/c1-11(12-5-3-2-4-6-12)13-7-9-14(15-16)10-8-13/h2-10H,1H2,16H3. The van der Waals surface area contributed by atoms with E-state index in [1.807, 2.05) is 42.5 Å². The minimum atomic E-state index is 0.724. The van der Waals surface area contributed by atoms with Crippen molar-refractivity contribution in [3.05, 3.63) is 72.3 Å². The number of hydrogen-bond donors (Lipinski definition) is 0. The predicted octanol–water partition coefficient (Wildman–Crippen LogP) is 2.41. The van der Waals surface area contributed by atoms with Gasteiger partial charge >= 0.3 is 0 Å². The molecule has 0 spiro atoms. The SMILES string of the molecule is C=C(c1ccccc1)c1ccc(O[SiH3])cc1. The molecule has 0 saturated heterocycles. The molecule has 0 bridgehead atoms. The predicted molar refractivity (Wildman–Crippen MR) is 71.6 cm³/mol. The lowest BCUT2D eigenvalue weighted by Crippen LogP contribution is -1.88. The Morgan fingerprint density at radius 2 is 1.44 bits per heavy atom. The summed E-state index contributed by atoms with van der Waals surface area (Å²) < 4.78 is 5.26. The fraction of sp³-hybridized carbons (Fsp3) is 0. The van der Waals surface area contributed by atoms with Gasteiger partial charge in [0.15, 0.2) is 0 Å². The summed E-state index contributed by atoms with van der Waals surface area (Å²) in [5.41, 5.74) is 3.33. The highest BCUT2D eigenvalue weighted by atomic mass is 28.2. The van der Waals surface area contributed by atoms with E-state index >= 15 is 0 Å². The highest BCUT2D eigenvalue weighted by Crippen LogP contribution is 2.23. The second-order valence-electron chi connectivity index (χ2n) is 3.57. The summed E-state index contributed by atoms with van der Waals surface area (Å²) in [7, 11) is 0.724. The Labute approximate surface area is 98.9 Å². The topological polar surface area (TPSA) is 9.23 Å². The summed E-state index contributed by atoms with van der Waals surface area (Å²) in [4.78, 5) is 0. The fourth-order valence-electron chi connectivity index (χ4n) is 1.60. The van der Waals surface area contributed by atoms with Crippen molar-refractivity contribution in [1.29, 1.82) is 0 Å². The number of benzene rings is 2. The highest BCUT2D eigenvalue weighted by molar-refractivity contribution is 6.00. The van der Waals surface area contributed by atoms with Gasteiger partial charge in [0.1, 0.15) is 5.75 Å². The van der Waals surface area contributed by atoms with Gasteiger partial charge in [0.25, 0.3) is 0 Å². The Morgan fingerprint density at radius 3 is 2.00 bits per heavy atom. The van der Waals surface area contributed by atoms with Gasteiger partial charge in [-0.3, -0.25) is 0 Å². The van der Waals surface area contributed by atoms with Gasteiger partial charge in [-0.25, -0.2) is 0 Å². The quantitative estimate of drug-likeness (QED) is 0.730. The van der Waals surface area contributed by atoms with Gasteiger partial charge in [-0.15, -0.1) is 0 Å². The Kier molecular flexibility index (Phi) is 3.22. The van der Waals surface area contributed by atoms with Crippen LogP contribution in [0.1, 0.15) is 11.1 Å².